The molecule has 0 spiro atoms. The fraction of sp³-hybridized carbons (Fsp3) is 0.500. The van der Waals surface area contributed by atoms with Gasteiger partial charge < -0.3 is 9.67 Å². The van der Waals surface area contributed by atoms with Crippen LogP contribution in [0.4, 0.5) is 0 Å². The average Bonchev–Trinajstić information content (AvgIpc) is 3.06. The minimum atomic E-state index is -0.836. The van der Waals surface area contributed by atoms with Crippen molar-refractivity contribution >= 4 is 29.1 Å². The molecule has 2 aromatic heterocycles. The number of thiophene rings is 1. The number of hydrogen-bond acceptors (Lipinski definition) is 5. The normalized spacial score (nSPS) is 12.5. The lowest BCUT2D eigenvalue weighted by molar-refractivity contribution is -0.133. The summed E-state index contributed by atoms with van der Waals surface area (Å²) >= 11 is 2.97. The van der Waals surface area contributed by atoms with E-state index in [1.165, 1.54) is 16.6 Å². The van der Waals surface area contributed by atoms with Gasteiger partial charge in [-0.15, -0.1) is 21.5 Å². The van der Waals surface area contributed by atoms with E-state index in [4.69, 9.17) is 5.11 Å². The monoisotopic (exact) mass is 325 g/mol. The minimum absolute atomic E-state index is 0.00990. The van der Waals surface area contributed by atoms with Crippen molar-refractivity contribution in [1.29, 1.82) is 0 Å². The maximum atomic E-state index is 10.8. The summed E-state index contributed by atoms with van der Waals surface area (Å²) in [6.07, 6.45) is 2.76. The standard InChI is InChI=1S/C14H19N3O2S2/c1-3-5-12-15-16-14(21-9-13(18)19)17(12)10(2)8-11-6-4-7-20-11/h4,6-7,10H,3,5,8-9H2,1-2H3,(H,18,19). The fourth-order valence-electron chi connectivity index (χ4n) is 2.18. The molecule has 1 unspecified atom stereocenters. The molecule has 114 valence electrons. The third kappa shape index (κ3) is 4.31. The SMILES string of the molecule is CCCc1nnc(SCC(=O)O)n1C(C)Cc1cccs1. The molecule has 0 aliphatic heterocycles. The van der Waals surface area contributed by atoms with Gasteiger partial charge in [0.1, 0.15) is 5.82 Å². The molecule has 0 bridgehead atoms. The molecule has 0 aliphatic rings. The van der Waals surface area contributed by atoms with Crippen molar-refractivity contribution in [2.75, 3.05) is 5.75 Å². The average molecular weight is 325 g/mol. The van der Waals surface area contributed by atoms with Crippen molar-refractivity contribution in [1.82, 2.24) is 14.8 Å². The number of hydrogen-bond donors (Lipinski definition) is 1. The number of aryl methyl sites for hydroxylation is 1. The molecular weight excluding hydrogens is 306 g/mol. The molecule has 0 radical (unpaired) electrons. The highest BCUT2D eigenvalue weighted by molar-refractivity contribution is 7.99. The van der Waals surface area contributed by atoms with E-state index in [9.17, 15) is 4.79 Å². The first kappa shape index (κ1) is 16.0. The summed E-state index contributed by atoms with van der Waals surface area (Å²) in [5.74, 6) is 0.114. The largest absolute Gasteiger partial charge is 0.481 e. The Morgan fingerprint density at radius 1 is 1.52 bits per heavy atom. The van der Waals surface area contributed by atoms with Crippen LogP contribution in [0.5, 0.6) is 0 Å². The Morgan fingerprint density at radius 2 is 2.33 bits per heavy atom. The first-order valence-electron chi connectivity index (χ1n) is 6.92. The highest BCUT2D eigenvalue weighted by atomic mass is 32.2. The van der Waals surface area contributed by atoms with Gasteiger partial charge in [-0.25, -0.2) is 0 Å². The summed E-state index contributed by atoms with van der Waals surface area (Å²) in [5, 5.41) is 20.0. The highest BCUT2D eigenvalue weighted by Crippen LogP contribution is 2.26. The van der Waals surface area contributed by atoms with E-state index in [0.29, 0.717) is 5.16 Å². The molecule has 7 heteroatoms. The molecule has 0 amide bonds. The van der Waals surface area contributed by atoms with E-state index in [2.05, 4.69) is 40.1 Å². The van der Waals surface area contributed by atoms with Gasteiger partial charge in [0.05, 0.1) is 5.75 Å². The molecule has 0 saturated heterocycles. The number of thioether (sulfide) groups is 1. The van der Waals surface area contributed by atoms with Gasteiger partial charge in [0.15, 0.2) is 5.16 Å². The molecule has 0 aromatic carbocycles. The summed E-state index contributed by atoms with van der Waals surface area (Å²) < 4.78 is 2.09. The first-order chi connectivity index (χ1) is 10.1. The molecule has 2 rings (SSSR count). The topological polar surface area (TPSA) is 68.0 Å². The lowest BCUT2D eigenvalue weighted by Gasteiger charge is -2.17. The van der Waals surface area contributed by atoms with Crippen molar-refractivity contribution in [2.24, 2.45) is 0 Å². The molecule has 1 atom stereocenters. The fourth-order valence-corrected chi connectivity index (χ4v) is 3.78. The predicted octanol–water partition coefficient (Wildman–Crippen LogP) is 3.27. The Bertz CT molecular complexity index is 581. The van der Waals surface area contributed by atoms with Crippen molar-refractivity contribution in [3.63, 3.8) is 0 Å². The van der Waals surface area contributed by atoms with E-state index >= 15 is 0 Å². The van der Waals surface area contributed by atoms with Crippen molar-refractivity contribution in [3.8, 4) is 0 Å². The first-order valence-corrected chi connectivity index (χ1v) is 8.79. The Morgan fingerprint density at radius 3 is 2.95 bits per heavy atom. The number of carbonyl (C=O) groups is 1. The van der Waals surface area contributed by atoms with Gasteiger partial charge in [0, 0.05) is 23.8 Å². The van der Waals surface area contributed by atoms with Gasteiger partial charge >= 0.3 is 5.97 Å². The Labute approximate surface area is 132 Å². The molecule has 5 nitrogen and oxygen atoms in total. The molecule has 21 heavy (non-hydrogen) atoms. The minimum Gasteiger partial charge on any atom is -0.481 e. The Kier molecular flexibility index (Phi) is 5.81. The van der Waals surface area contributed by atoms with Gasteiger partial charge in [-0.3, -0.25) is 4.79 Å². The molecule has 0 fully saturated rings. The second kappa shape index (κ2) is 7.61. The Hall–Kier alpha value is -1.34. The van der Waals surface area contributed by atoms with Gasteiger partial charge in [-0.1, -0.05) is 24.8 Å². The molecular formula is C14H19N3O2S2. The van der Waals surface area contributed by atoms with E-state index < -0.39 is 5.97 Å². The van der Waals surface area contributed by atoms with E-state index in [-0.39, 0.29) is 11.8 Å². The molecule has 0 saturated carbocycles. The quantitative estimate of drug-likeness (QED) is 0.754. The van der Waals surface area contributed by atoms with E-state index in [0.717, 1.165) is 25.1 Å². The van der Waals surface area contributed by atoms with Crippen LogP contribution in [-0.2, 0) is 17.6 Å². The van der Waals surface area contributed by atoms with Gasteiger partial charge in [0.2, 0.25) is 0 Å². The van der Waals surface area contributed by atoms with Crippen molar-refractivity contribution in [2.45, 2.75) is 44.3 Å². The third-order valence-corrected chi connectivity index (χ3v) is 4.88. The van der Waals surface area contributed by atoms with E-state index in [1.807, 2.05) is 6.07 Å². The number of nitrogens with zero attached hydrogens (tertiary/aromatic N) is 3. The summed E-state index contributed by atoms with van der Waals surface area (Å²) in [4.78, 5) is 12.1. The van der Waals surface area contributed by atoms with Gasteiger partial charge in [-0.05, 0) is 24.8 Å². The van der Waals surface area contributed by atoms with Gasteiger partial charge in [-0.2, -0.15) is 0 Å². The van der Waals surface area contributed by atoms with Crippen LogP contribution >= 0.6 is 23.1 Å². The number of carboxylic acid groups (broad SMARTS) is 1. The zero-order chi connectivity index (χ0) is 15.2. The lowest BCUT2D eigenvalue weighted by atomic mass is 10.2. The predicted molar refractivity (Wildman–Crippen MR) is 85.1 cm³/mol. The van der Waals surface area contributed by atoms with Crippen molar-refractivity contribution in [3.05, 3.63) is 28.2 Å². The summed E-state index contributed by atoms with van der Waals surface area (Å²) in [6, 6.07) is 4.39. The smallest absolute Gasteiger partial charge is 0.313 e. The number of rotatable bonds is 8. The third-order valence-electron chi connectivity index (χ3n) is 3.05. The summed E-state index contributed by atoms with van der Waals surface area (Å²) in [7, 11) is 0. The zero-order valence-corrected chi connectivity index (χ0v) is 13.8. The molecule has 0 aliphatic carbocycles. The second-order valence-corrected chi connectivity index (χ2v) is 6.81. The van der Waals surface area contributed by atoms with Crippen LogP contribution in [0.15, 0.2) is 22.7 Å². The maximum absolute atomic E-state index is 10.8. The second-order valence-electron chi connectivity index (χ2n) is 4.83. The highest BCUT2D eigenvalue weighted by Gasteiger charge is 2.18. The lowest BCUT2D eigenvalue weighted by Crippen LogP contribution is -2.13. The number of carboxylic acids is 1. The Balaban J connectivity index is 2.20. The van der Waals surface area contributed by atoms with Crippen LogP contribution in [0.25, 0.3) is 0 Å². The zero-order valence-electron chi connectivity index (χ0n) is 12.2. The molecule has 1 N–H and O–H groups in total. The van der Waals surface area contributed by atoms with Crippen LogP contribution in [0.2, 0.25) is 0 Å². The van der Waals surface area contributed by atoms with Crippen LogP contribution in [0.1, 0.15) is 37.0 Å². The van der Waals surface area contributed by atoms with Crippen LogP contribution < -0.4 is 0 Å². The van der Waals surface area contributed by atoms with Crippen LogP contribution in [0.3, 0.4) is 0 Å². The summed E-state index contributed by atoms with van der Waals surface area (Å²) in [5.41, 5.74) is 0. The molecule has 2 heterocycles. The molecule has 2 aromatic rings. The maximum Gasteiger partial charge on any atom is 0.313 e. The van der Waals surface area contributed by atoms with Gasteiger partial charge in [0.25, 0.3) is 0 Å². The number of aromatic nitrogens is 3. The summed E-state index contributed by atoms with van der Waals surface area (Å²) in [6.45, 7) is 4.24. The number of aliphatic carboxylic acids is 1. The van der Waals surface area contributed by atoms with Crippen LogP contribution in [-0.4, -0.2) is 31.6 Å². The van der Waals surface area contributed by atoms with E-state index in [1.54, 1.807) is 11.3 Å². The van der Waals surface area contributed by atoms with Crippen LogP contribution in [0, 0.1) is 0 Å². The van der Waals surface area contributed by atoms with Crippen molar-refractivity contribution < 1.29 is 9.90 Å².